The molecule has 94 valence electrons. The van der Waals surface area contributed by atoms with Gasteiger partial charge in [0, 0.05) is 12.1 Å². The molecule has 0 heterocycles. The van der Waals surface area contributed by atoms with Gasteiger partial charge in [0.2, 0.25) is 0 Å². The first-order chi connectivity index (χ1) is 7.90. The van der Waals surface area contributed by atoms with E-state index in [0.29, 0.717) is 0 Å². The van der Waals surface area contributed by atoms with Crippen LogP contribution in [0.5, 0.6) is 0 Å². The summed E-state index contributed by atoms with van der Waals surface area (Å²) in [6, 6.07) is 3.68. The molecule has 0 atom stereocenters. The molecule has 1 aromatic rings. The zero-order chi connectivity index (χ0) is 13.0. The van der Waals surface area contributed by atoms with Gasteiger partial charge in [0.1, 0.15) is 5.82 Å². The fourth-order valence-corrected chi connectivity index (χ4v) is 1.44. The molecule has 0 aromatic heterocycles. The van der Waals surface area contributed by atoms with Gasteiger partial charge < -0.3 is 10.0 Å². The molecule has 7 heteroatoms. The van der Waals surface area contributed by atoms with Gasteiger partial charge in [-0.25, -0.2) is 13.2 Å². The largest absolute Gasteiger partial charge is 0.488 e. The Bertz CT molecular complexity index is 377. The van der Waals surface area contributed by atoms with E-state index < -0.39 is 25.9 Å². The van der Waals surface area contributed by atoms with Gasteiger partial charge in [-0.15, -0.1) is 0 Å². The topological polar surface area (TPSA) is 43.7 Å². The lowest BCUT2D eigenvalue weighted by Crippen LogP contribution is -2.31. The second-order valence-corrected chi connectivity index (χ2v) is 3.81. The number of halogens is 3. The van der Waals surface area contributed by atoms with Crippen molar-refractivity contribution in [1.29, 1.82) is 0 Å². The van der Waals surface area contributed by atoms with Crippen molar-refractivity contribution >= 4 is 12.6 Å². The molecule has 0 amide bonds. The third-order valence-electron chi connectivity index (χ3n) is 2.27. The van der Waals surface area contributed by atoms with Gasteiger partial charge in [-0.2, -0.15) is 0 Å². The van der Waals surface area contributed by atoms with E-state index in [1.807, 2.05) is 0 Å². The van der Waals surface area contributed by atoms with Crippen LogP contribution in [0.4, 0.5) is 13.2 Å². The van der Waals surface area contributed by atoms with Crippen LogP contribution in [0.3, 0.4) is 0 Å². The van der Waals surface area contributed by atoms with Gasteiger partial charge in [0.05, 0.1) is 6.54 Å². The van der Waals surface area contributed by atoms with Gasteiger partial charge >= 0.3 is 7.12 Å². The number of rotatable bonds is 5. The number of alkyl halides is 2. The van der Waals surface area contributed by atoms with E-state index in [9.17, 15) is 13.2 Å². The summed E-state index contributed by atoms with van der Waals surface area (Å²) in [6.07, 6.45) is -2.47. The standard InChI is InChI=1S/C10H13BF3NO2/c1-15(6-10(13)14)5-7-2-3-8(11(16)17)4-9(7)12/h2-4,10,16-17H,5-6H2,1H3. The smallest absolute Gasteiger partial charge is 0.423 e. The minimum atomic E-state index is -2.47. The summed E-state index contributed by atoms with van der Waals surface area (Å²) >= 11 is 0. The molecule has 2 N–H and O–H groups in total. The molecule has 1 rings (SSSR count). The molecule has 0 radical (unpaired) electrons. The van der Waals surface area contributed by atoms with Crippen molar-refractivity contribution in [2.24, 2.45) is 0 Å². The number of hydrogen-bond donors (Lipinski definition) is 2. The van der Waals surface area contributed by atoms with E-state index in [-0.39, 0.29) is 17.6 Å². The van der Waals surface area contributed by atoms with Gasteiger partial charge in [0.25, 0.3) is 6.43 Å². The molecule has 0 aliphatic heterocycles. The van der Waals surface area contributed by atoms with Crippen molar-refractivity contribution in [3.63, 3.8) is 0 Å². The second-order valence-electron chi connectivity index (χ2n) is 3.81. The van der Waals surface area contributed by atoms with E-state index in [1.54, 1.807) is 0 Å². The molecular formula is C10H13BF3NO2. The number of hydrogen-bond acceptors (Lipinski definition) is 3. The van der Waals surface area contributed by atoms with E-state index in [1.165, 1.54) is 24.1 Å². The van der Waals surface area contributed by atoms with E-state index in [0.717, 1.165) is 6.07 Å². The number of nitrogens with zero attached hydrogens (tertiary/aromatic N) is 1. The Kier molecular flexibility index (Phi) is 4.98. The van der Waals surface area contributed by atoms with Crippen LogP contribution in [-0.4, -0.2) is 42.1 Å². The normalized spacial score (nSPS) is 11.3. The summed E-state index contributed by atoms with van der Waals surface area (Å²) in [5.74, 6) is -0.642. The summed E-state index contributed by atoms with van der Waals surface area (Å²) in [6.45, 7) is -0.401. The van der Waals surface area contributed by atoms with Crippen LogP contribution < -0.4 is 5.46 Å². The van der Waals surface area contributed by atoms with Gasteiger partial charge in [-0.05, 0) is 18.6 Å². The summed E-state index contributed by atoms with van der Waals surface area (Å²) in [5, 5.41) is 17.6. The molecule has 0 spiro atoms. The lowest BCUT2D eigenvalue weighted by molar-refractivity contribution is 0.0971. The number of benzene rings is 1. The van der Waals surface area contributed by atoms with Gasteiger partial charge in [-0.1, -0.05) is 12.1 Å². The van der Waals surface area contributed by atoms with Gasteiger partial charge in [0.15, 0.2) is 0 Å². The lowest BCUT2D eigenvalue weighted by Gasteiger charge is -2.16. The van der Waals surface area contributed by atoms with Gasteiger partial charge in [-0.3, -0.25) is 4.90 Å². The molecule has 1 aromatic carbocycles. The van der Waals surface area contributed by atoms with Crippen LogP contribution >= 0.6 is 0 Å². The van der Waals surface area contributed by atoms with Crippen molar-refractivity contribution < 1.29 is 23.2 Å². The van der Waals surface area contributed by atoms with Crippen LogP contribution in [0.1, 0.15) is 5.56 Å². The van der Waals surface area contributed by atoms with Crippen molar-refractivity contribution in [3.8, 4) is 0 Å². The Balaban J connectivity index is 2.72. The predicted octanol–water partition coefficient (Wildman–Crippen LogP) is 0.202. The molecule has 0 aliphatic rings. The van der Waals surface area contributed by atoms with Crippen LogP contribution in [0.15, 0.2) is 18.2 Å². The zero-order valence-corrected chi connectivity index (χ0v) is 9.28. The first-order valence-electron chi connectivity index (χ1n) is 5.01. The van der Waals surface area contributed by atoms with E-state index >= 15 is 0 Å². The van der Waals surface area contributed by atoms with Crippen molar-refractivity contribution in [2.75, 3.05) is 13.6 Å². The Hall–Kier alpha value is -1.05. The highest BCUT2D eigenvalue weighted by Crippen LogP contribution is 2.09. The molecule has 0 saturated carbocycles. The zero-order valence-electron chi connectivity index (χ0n) is 9.28. The van der Waals surface area contributed by atoms with Crippen molar-refractivity contribution in [1.82, 2.24) is 4.90 Å². The third kappa shape index (κ3) is 4.37. The summed E-state index contributed by atoms with van der Waals surface area (Å²) in [5.41, 5.74) is 0.264. The second kappa shape index (κ2) is 6.04. The average molecular weight is 247 g/mol. The minimum Gasteiger partial charge on any atom is -0.423 e. The molecule has 0 aliphatic carbocycles. The maximum atomic E-state index is 13.5. The Labute approximate surface area is 97.6 Å². The Morgan fingerprint density at radius 1 is 1.35 bits per heavy atom. The highest BCUT2D eigenvalue weighted by atomic mass is 19.3. The maximum Gasteiger partial charge on any atom is 0.488 e. The van der Waals surface area contributed by atoms with Crippen LogP contribution in [-0.2, 0) is 6.54 Å². The average Bonchev–Trinajstić information content (AvgIpc) is 2.19. The highest BCUT2D eigenvalue weighted by molar-refractivity contribution is 6.58. The minimum absolute atomic E-state index is 0.0303. The molecule has 0 fully saturated rings. The molecule has 0 unspecified atom stereocenters. The maximum absolute atomic E-state index is 13.5. The van der Waals surface area contributed by atoms with Crippen molar-refractivity contribution in [3.05, 3.63) is 29.6 Å². The Morgan fingerprint density at radius 2 is 2.00 bits per heavy atom. The summed E-state index contributed by atoms with van der Waals surface area (Å²) < 4.78 is 37.6. The Morgan fingerprint density at radius 3 is 2.47 bits per heavy atom. The predicted molar refractivity (Wildman–Crippen MR) is 58.6 cm³/mol. The molecule has 17 heavy (non-hydrogen) atoms. The molecule has 0 bridgehead atoms. The fourth-order valence-electron chi connectivity index (χ4n) is 1.44. The van der Waals surface area contributed by atoms with Crippen LogP contribution in [0, 0.1) is 5.82 Å². The fraction of sp³-hybridized carbons (Fsp3) is 0.400. The van der Waals surface area contributed by atoms with Crippen LogP contribution in [0.2, 0.25) is 0 Å². The van der Waals surface area contributed by atoms with Crippen LogP contribution in [0.25, 0.3) is 0 Å². The van der Waals surface area contributed by atoms with E-state index in [2.05, 4.69) is 0 Å². The molecular weight excluding hydrogens is 234 g/mol. The third-order valence-corrected chi connectivity index (χ3v) is 2.27. The highest BCUT2D eigenvalue weighted by Gasteiger charge is 2.15. The first kappa shape index (κ1) is 14.0. The SMILES string of the molecule is CN(Cc1ccc(B(O)O)cc1F)CC(F)F. The lowest BCUT2D eigenvalue weighted by atomic mass is 9.80. The summed E-state index contributed by atoms with van der Waals surface area (Å²) in [7, 11) is -0.280. The molecule has 3 nitrogen and oxygen atoms in total. The monoisotopic (exact) mass is 247 g/mol. The van der Waals surface area contributed by atoms with Crippen molar-refractivity contribution in [2.45, 2.75) is 13.0 Å². The first-order valence-corrected chi connectivity index (χ1v) is 5.01. The quantitative estimate of drug-likeness (QED) is 0.730. The van der Waals surface area contributed by atoms with E-state index in [4.69, 9.17) is 10.0 Å². The molecule has 0 saturated heterocycles. The summed E-state index contributed by atoms with van der Waals surface area (Å²) in [4.78, 5) is 1.29.